The van der Waals surface area contributed by atoms with Crippen LogP contribution in [0.5, 0.6) is 5.75 Å². The standard InChI is InChI=1S/C30H35NO7/c1-2-3-4-5-6-7-8-21-9-12-24(13-10-21)38-20-23(32)18-31-19-26(28(33)15-16-29(34)35)25-17-22(30(36)37)11-14-27(25)31/h9-14,17,19H,2-8,15-16,18,20H2,1H3,(H,34,35)(H,36,37). The van der Waals surface area contributed by atoms with Crippen molar-refractivity contribution in [1.82, 2.24) is 4.57 Å². The van der Waals surface area contributed by atoms with Crippen molar-refractivity contribution < 1.29 is 34.1 Å². The van der Waals surface area contributed by atoms with E-state index < -0.39 is 17.7 Å². The largest absolute Gasteiger partial charge is 0.486 e. The Hall–Kier alpha value is -3.94. The Kier molecular flexibility index (Phi) is 10.6. The van der Waals surface area contributed by atoms with Gasteiger partial charge >= 0.3 is 11.9 Å². The summed E-state index contributed by atoms with van der Waals surface area (Å²) >= 11 is 0. The molecule has 3 rings (SSSR count). The number of carboxylic acids is 2. The van der Waals surface area contributed by atoms with Gasteiger partial charge in [-0.15, -0.1) is 0 Å². The number of aryl methyl sites for hydroxylation is 1. The van der Waals surface area contributed by atoms with E-state index in [-0.39, 0.29) is 42.9 Å². The van der Waals surface area contributed by atoms with Crippen molar-refractivity contribution in [3.05, 3.63) is 65.4 Å². The smallest absolute Gasteiger partial charge is 0.335 e. The number of carbonyl (C=O) groups is 4. The minimum atomic E-state index is -1.15. The normalized spacial score (nSPS) is 11.0. The van der Waals surface area contributed by atoms with E-state index >= 15 is 0 Å². The Morgan fingerprint density at radius 3 is 2.26 bits per heavy atom. The number of nitrogens with zero attached hydrogens (tertiary/aromatic N) is 1. The number of ether oxygens (including phenoxy) is 1. The molecular formula is C30H35NO7. The molecule has 0 saturated heterocycles. The van der Waals surface area contributed by atoms with Crippen LogP contribution in [0.2, 0.25) is 0 Å². The molecule has 202 valence electrons. The van der Waals surface area contributed by atoms with E-state index in [1.54, 1.807) is 10.6 Å². The molecule has 0 aliphatic heterocycles. The highest BCUT2D eigenvalue weighted by Gasteiger charge is 2.19. The number of carboxylic acid groups (broad SMARTS) is 2. The number of aromatic carboxylic acids is 1. The van der Waals surface area contributed by atoms with E-state index in [0.717, 1.165) is 12.8 Å². The second-order valence-corrected chi connectivity index (χ2v) is 9.51. The van der Waals surface area contributed by atoms with Crippen LogP contribution in [0.25, 0.3) is 10.9 Å². The van der Waals surface area contributed by atoms with Gasteiger partial charge in [0.2, 0.25) is 0 Å². The van der Waals surface area contributed by atoms with Crippen molar-refractivity contribution in [3.63, 3.8) is 0 Å². The van der Waals surface area contributed by atoms with Crippen molar-refractivity contribution >= 4 is 34.4 Å². The van der Waals surface area contributed by atoms with Crippen molar-refractivity contribution in [2.24, 2.45) is 0 Å². The number of carbonyl (C=O) groups excluding carboxylic acids is 2. The molecule has 8 heteroatoms. The summed E-state index contributed by atoms with van der Waals surface area (Å²) in [5.74, 6) is -2.31. The van der Waals surface area contributed by atoms with E-state index in [9.17, 15) is 24.3 Å². The topological polar surface area (TPSA) is 123 Å². The van der Waals surface area contributed by atoms with E-state index in [1.807, 2.05) is 24.3 Å². The van der Waals surface area contributed by atoms with Gasteiger partial charge in [0.05, 0.1) is 18.5 Å². The van der Waals surface area contributed by atoms with Crippen LogP contribution in [0.3, 0.4) is 0 Å². The first-order valence-corrected chi connectivity index (χ1v) is 13.1. The summed E-state index contributed by atoms with van der Waals surface area (Å²) < 4.78 is 7.25. The van der Waals surface area contributed by atoms with Crippen molar-refractivity contribution in [1.29, 1.82) is 0 Å². The van der Waals surface area contributed by atoms with Gasteiger partial charge in [-0.3, -0.25) is 14.4 Å². The van der Waals surface area contributed by atoms with Gasteiger partial charge in [0.1, 0.15) is 12.4 Å². The molecule has 0 radical (unpaired) electrons. The molecule has 8 nitrogen and oxygen atoms in total. The number of hydrogen-bond acceptors (Lipinski definition) is 5. The molecule has 38 heavy (non-hydrogen) atoms. The molecule has 2 aromatic carbocycles. The maximum absolute atomic E-state index is 12.7. The molecule has 0 aliphatic carbocycles. The molecular weight excluding hydrogens is 486 g/mol. The van der Waals surface area contributed by atoms with Crippen molar-refractivity contribution in [2.75, 3.05) is 6.61 Å². The van der Waals surface area contributed by atoms with Crippen LogP contribution in [-0.2, 0) is 22.6 Å². The lowest BCUT2D eigenvalue weighted by Gasteiger charge is -2.08. The first-order valence-electron chi connectivity index (χ1n) is 13.1. The number of fused-ring (bicyclic) bond motifs is 1. The summed E-state index contributed by atoms with van der Waals surface area (Å²) in [4.78, 5) is 47.7. The predicted molar refractivity (Wildman–Crippen MR) is 144 cm³/mol. The molecule has 0 spiro atoms. The lowest BCUT2D eigenvalue weighted by molar-refractivity contribution is -0.137. The van der Waals surface area contributed by atoms with Crippen LogP contribution < -0.4 is 4.74 Å². The highest BCUT2D eigenvalue weighted by molar-refractivity contribution is 6.10. The Morgan fingerprint density at radius 1 is 0.868 bits per heavy atom. The third kappa shape index (κ3) is 8.30. The summed E-state index contributed by atoms with van der Waals surface area (Å²) in [7, 11) is 0. The number of ketones is 2. The summed E-state index contributed by atoms with van der Waals surface area (Å²) in [5, 5.41) is 18.6. The molecule has 1 aromatic heterocycles. The predicted octanol–water partition coefficient (Wildman–Crippen LogP) is 5.94. The highest BCUT2D eigenvalue weighted by Crippen LogP contribution is 2.25. The molecule has 0 aliphatic rings. The second kappa shape index (κ2) is 14.1. The van der Waals surface area contributed by atoms with E-state index in [4.69, 9.17) is 9.84 Å². The molecule has 0 amide bonds. The Labute approximate surface area is 222 Å². The van der Waals surface area contributed by atoms with Crippen molar-refractivity contribution in [3.8, 4) is 5.75 Å². The monoisotopic (exact) mass is 521 g/mol. The van der Waals surface area contributed by atoms with E-state index in [1.165, 1.54) is 56.0 Å². The maximum Gasteiger partial charge on any atom is 0.335 e. The third-order valence-corrected chi connectivity index (χ3v) is 6.48. The number of aromatic nitrogens is 1. The van der Waals surface area contributed by atoms with Gasteiger partial charge in [-0.2, -0.15) is 0 Å². The Morgan fingerprint density at radius 2 is 1.58 bits per heavy atom. The van der Waals surface area contributed by atoms with Crippen LogP contribution in [-0.4, -0.2) is 44.9 Å². The number of Topliss-reactive ketones (excluding diaryl/α,β-unsaturated/α-hetero) is 2. The number of benzene rings is 2. The molecule has 1 heterocycles. The fourth-order valence-electron chi connectivity index (χ4n) is 4.40. The van der Waals surface area contributed by atoms with Gasteiger partial charge in [0.15, 0.2) is 11.6 Å². The first kappa shape index (κ1) is 28.6. The number of hydrogen-bond donors (Lipinski definition) is 2. The number of unbranched alkanes of at least 4 members (excludes halogenated alkanes) is 5. The summed E-state index contributed by atoms with van der Waals surface area (Å²) in [6, 6.07) is 12.1. The van der Waals surface area contributed by atoms with Crippen LogP contribution in [0.1, 0.15) is 84.6 Å². The molecule has 3 aromatic rings. The summed E-state index contributed by atoms with van der Waals surface area (Å²) in [6.07, 6.45) is 9.42. The van der Waals surface area contributed by atoms with Gasteiger partial charge in [0, 0.05) is 29.1 Å². The van der Waals surface area contributed by atoms with E-state index in [2.05, 4.69) is 6.92 Å². The van der Waals surface area contributed by atoms with Crippen LogP contribution in [0.15, 0.2) is 48.7 Å². The van der Waals surface area contributed by atoms with Gasteiger partial charge in [-0.1, -0.05) is 51.2 Å². The third-order valence-electron chi connectivity index (χ3n) is 6.48. The minimum Gasteiger partial charge on any atom is -0.486 e. The zero-order valence-corrected chi connectivity index (χ0v) is 21.8. The zero-order chi connectivity index (χ0) is 27.5. The van der Waals surface area contributed by atoms with Gasteiger partial charge in [-0.05, 0) is 48.7 Å². The first-order chi connectivity index (χ1) is 18.3. The van der Waals surface area contributed by atoms with Crippen LogP contribution in [0, 0.1) is 0 Å². The molecule has 0 unspecified atom stereocenters. The molecule has 0 fully saturated rings. The van der Waals surface area contributed by atoms with Crippen LogP contribution >= 0.6 is 0 Å². The van der Waals surface area contributed by atoms with Gasteiger partial charge in [0.25, 0.3) is 0 Å². The quantitative estimate of drug-likeness (QED) is 0.166. The molecule has 2 N–H and O–H groups in total. The highest BCUT2D eigenvalue weighted by atomic mass is 16.5. The van der Waals surface area contributed by atoms with Crippen molar-refractivity contribution in [2.45, 2.75) is 71.3 Å². The summed E-state index contributed by atoms with van der Waals surface area (Å²) in [6.45, 7) is 1.97. The SMILES string of the molecule is CCCCCCCCc1ccc(OCC(=O)Cn2cc(C(=O)CCC(=O)O)c3cc(C(=O)O)ccc32)cc1. The maximum atomic E-state index is 12.7. The van der Waals surface area contributed by atoms with E-state index in [0.29, 0.717) is 16.7 Å². The Bertz CT molecular complexity index is 1270. The van der Waals surface area contributed by atoms with Crippen LogP contribution in [0.4, 0.5) is 0 Å². The molecule has 0 saturated carbocycles. The molecule has 0 atom stereocenters. The average Bonchev–Trinajstić information content (AvgIpc) is 3.26. The zero-order valence-electron chi connectivity index (χ0n) is 21.8. The fraction of sp³-hybridized carbons (Fsp3) is 0.400. The second-order valence-electron chi connectivity index (χ2n) is 9.51. The van der Waals surface area contributed by atoms with Gasteiger partial charge in [-0.25, -0.2) is 4.79 Å². The summed E-state index contributed by atoms with van der Waals surface area (Å²) in [5.41, 5.74) is 1.94. The number of aliphatic carboxylic acids is 1. The van der Waals surface area contributed by atoms with Gasteiger partial charge < -0.3 is 19.5 Å². The number of rotatable bonds is 17. The minimum absolute atomic E-state index is 0.00265. The lowest BCUT2D eigenvalue weighted by Crippen LogP contribution is -2.17. The average molecular weight is 522 g/mol. The lowest BCUT2D eigenvalue weighted by atomic mass is 10.0. The molecule has 0 bridgehead atoms. The Balaban J connectivity index is 1.61. The fourth-order valence-corrected chi connectivity index (χ4v) is 4.40.